The Kier molecular flexibility index (Phi) is 3.64. The van der Waals surface area contributed by atoms with Gasteiger partial charge in [-0.3, -0.25) is 4.84 Å². The average Bonchev–Trinajstić information content (AvgIpc) is 2.29. The van der Waals surface area contributed by atoms with Crippen LogP contribution in [0.15, 0.2) is 34.3 Å². The van der Waals surface area contributed by atoms with Gasteiger partial charge in [0.2, 0.25) is 11.9 Å². The first-order valence-electron chi connectivity index (χ1n) is 5.75. The molecule has 1 heterocycles. The molecule has 0 bridgehead atoms. The normalized spacial score (nSPS) is 17.9. The Hall–Kier alpha value is -1.79. The van der Waals surface area contributed by atoms with Gasteiger partial charge in [0.05, 0.1) is 0 Å². The van der Waals surface area contributed by atoms with E-state index in [0.717, 1.165) is 5.56 Å². The first-order valence-corrected chi connectivity index (χ1v) is 6.13. The van der Waals surface area contributed by atoms with Gasteiger partial charge in [0, 0.05) is 5.02 Å². The van der Waals surface area contributed by atoms with Gasteiger partial charge in [-0.05, 0) is 31.5 Å². The Labute approximate surface area is 116 Å². The minimum absolute atomic E-state index is 0.147. The Morgan fingerprint density at radius 2 is 1.89 bits per heavy atom. The van der Waals surface area contributed by atoms with E-state index in [4.69, 9.17) is 27.9 Å². The lowest BCUT2D eigenvalue weighted by Crippen LogP contribution is -2.53. The third-order valence-electron chi connectivity index (χ3n) is 2.60. The predicted molar refractivity (Wildman–Crippen MR) is 75.4 cm³/mol. The molecule has 0 spiro atoms. The maximum Gasteiger partial charge on any atom is 0.226 e. The standard InChI is InChI=1S/C12H16ClN5O/c1-12(2)17-10(14)16-11(15)18(12)19-7-8-3-5-9(13)6-4-8/h3-6H,7H2,1-2H3,(H4,14,15,16,17). The molecule has 6 nitrogen and oxygen atoms in total. The average molecular weight is 282 g/mol. The molecule has 0 atom stereocenters. The topological polar surface area (TPSA) is 89.2 Å². The van der Waals surface area contributed by atoms with Crippen LogP contribution in [0.2, 0.25) is 5.02 Å². The second-order valence-electron chi connectivity index (χ2n) is 4.63. The van der Waals surface area contributed by atoms with E-state index in [1.807, 2.05) is 26.0 Å². The summed E-state index contributed by atoms with van der Waals surface area (Å²) < 4.78 is 0. The number of hydrogen-bond acceptors (Lipinski definition) is 6. The molecule has 1 aromatic carbocycles. The van der Waals surface area contributed by atoms with Crippen molar-refractivity contribution < 1.29 is 4.84 Å². The molecular formula is C12H16ClN5O. The van der Waals surface area contributed by atoms with Crippen molar-refractivity contribution in [2.24, 2.45) is 21.5 Å². The summed E-state index contributed by atoms with van der Waals surface area (Å²) in [5.41, 5.74) is 11.7. The molecule has 0 saturated carbocycles. The number of rotatable bonds is 3. The van der Waals surface area contributed by atoms with Crippen LogP contribution in [0, 0.1) is 0 Å². The minimum Gasteiger partial charge on any atom is -0.368 e. The molecule has 0 saturated heterocycles. The molecule has 0 unspecified atom stereocenters. The Balaban J connectivity index is 2.07. The third-order valence-corrected chi connectivity index (χ3v) is 2.85. The van der Waals surface area contributed by atoms with Gasteiger partial charge in [-0.2, -0.15) is 10.1 Å². The summed E-state index contributed by atoms with van der Waals surface area (Å²) in [5, 5.41) is 2.12. The highest BCUT2D eigenvalue weighted by Gasteiger charge is 2.33. The van der Waals surface area contributed by atoms with Crippen molar-refractivity contribution in [2.75, 3.05) is 0 Å². The Morgan fingerprint density at radius 1 is 1.26 bits per heavy atom. The highest BCUT2D eigenvalue weighted by Crippen LogP contribution is 2.21. The van der Waals surface area contributed by atoms with E-state index in [9.17, 15) is 0 Å². The Morgan fingerprint density at radius 3 is 2.47 bits per heavy atom. The van der Waals surface area contributed by atoms with Crippen molar-refractivity contribution in [3.05, 3.63) is 34.9 Å². The molecule has 1 aromatic rings. The summed E-state index contributed by atoms with van der Waals surface area (Å²) in [5.74, 6) is 0.334. The Bertz CT molecular complexity index is 523. The summed E-state index contributed by atoms with van der Waals surface area (Å²) in [6.07, 6.45) is 0. The summed E-state index contributed by atoms with van der Waals surface area (Å²) in [7, 11) is 0. The summed E-state index contributed by atoms with van der Waals surface area (Å²) >= 11 is 5.82. The first kappa shape index (κ1) is 13.6. The number of guanidine groups is 2. The van der Waals surface area contributed by atoms with Crippen molar-refractivity contribution in [1.82, 2.24) is 5.06 Å². The van der Waals surface area contributed by atoms with Crippen LogP contribution < -0.4 is 11.5 Å². The smallest absolute Gasteiger partial charge is 0.226 e. The van der Waals surface area contributed by atoms with Gasteiger partial charge >= 0.3 is 0 Å². The highest BCUT2D eigenvalue weighted by molar-refractivity contribution is 6.30. The fourth-order valence-corrected chi connectivity index (χ4v) is 1.86. The van der Waals surface area contributed by atoms with Gasteiger partial charge in [0.25, 0.3) is 0 Å². The zero-order valence-electron chi connectivity index (χ0n) is 10.8. The van der Waals surface area contributed by atoms with Crippen molar-refractivity contribution >= 4 is 23.5 Å². The maximum atomic E-state index is 5.82. The molecule has 1 aliphatic heterocycles. The van der Waals surface area contributed by atoms with Crippen LogP contribution in [0.3, 0.4) is 0 Å². The molecule has 0 aromatic heterocycles. The molecule has 102 valence electrons. The monoisotopic (exact) mass is 281 g/mol. The summed E-state index contributed by atoms with van der Waals surface area (Å²) in [6, 6.07) is 7.36. The van der Waals surface area contributed by atoms with Crippen molar-refractivity contribution in [1.29, 1.82) is 0 Å². The van der Waals surface area contributed by atoms with Crippen LogP contribution in [-0.2, 0) is 11.4 Å². The number of nitrogens with two attached hydrogens (primary N) is 2. The molecule has 2 rings (SSSR count). The van der Waals surface area contributed by atoms with Gasteiger partial charge in [-0.15, -0.1) is 0 Å². The number of benzene rings is 1. The van der Waals surface area contributed by atoms with E-state index in [1.54, 1.807) is 12.1 Å². The molecule has 0 fully saturated rings. The molecule has 4 N–H and O–H groups in total. The summed E-state index contributed by atoms with van der Waals surface area (Å²) in [4.78, 5) is 13.7. The van der Waals surface area contributed by atoms with Crippen LogP contribution >= 0.6 is 11.6 Å². The number of hydroxylamine groups is 2. The predicted octanol–water partition coefficient (Wildman–Crippen LogP) is 1.45. The molecule has 0 radical (unpaired) electrons. The van der Waals surface area contributed by atoms with Crippen molar-refractivity contribution in [3.8, 4) is 0 Å². The van der Waals surface area contributed by atoms with Crippen LogP contribution in [0.1, 0.15) is 19.4 Å². The fourth-order valence-electron chi connectivity index (χ4n) is 1.74. The van der Waals surface area contributed by atoms with E-state index < -0.39 is 5.66 Å². The van der Waals surface area contributed by atoms with E-state index in [1.165, 1.54) is 5.06 Å². The van der Waals surface area contributed by atoms with E-state index in [2.05, 4.69) is 9.98 Å². The lowest BCUT2D eigenvalue weighted by Gasteiger charge is -2.36. The van der Waals surface area contributed by atoms with Gasteiger partial charge in [-0.25, -0.2) is 4.99 Å². The minimum atomic E-state index is -0.692. The van der Waals surface area contributed by atoms with Crippen molar-refractivity contribution in [2.45, 2.75) is 26.1 Å². The lowest BCUT2D eigenvalue weighted by molar-refractivity contribution is -0.166. The first-order chi connectivity index (χ1) is 8.88. The van der Waals surface area contributed by atoms with E-state index in [-0.39, 0.29) is 11.9 Å². The fraction of sp³-hybridized carbons (Fsp3) is 0.333. The quantitative estimate of drug-likeness (QED) is 0.877. The lowest BCUT2D eigenvalue weighted by atomic mass is 10.2. The third kappa shape index (κ3) is 3.15. The van der Waals surface area contributed by atoms with E-state index >= 15 is 0 Å². The van der Waals surface area contributed by atoms with Gasteiger partial charge in [-0.1, -0.05) is 23.7 Å². The van der Waals surface area contributed by atoms with Gasteiger partial charge in [0.1, 0.15) is 6.61 Å². The van der Waals surface area contributed by atoms with Crippen LogP contribution in [0.5, 0.6) is 0 Å². The second kappa shape index (κ2) is 5.07. The second-order valence-corrected chi connectivity index (χ2v) is 5.07. The number of aliphatic imine (C=N–C) groups is 2. The number of hydrogen-bond donors (Lipinski definition) is 2. The summed E-state index contributed by atoms with van der Waals surface area (Å²) in [6.45, 7) is 4.01. The zero-order valence-corrected chi connectivity index (χ0v) is 11.6. The molecule has 19 heavy (non-hydrogen) atoms. The molecule has 7 heteroatoms. The van der Waals surface area contributed by atoms with Crippen molar-refractivity contribution in [3.63, 3.8) is 0 Å². The molecule has 0 amide bonds. The van der Waals surface area contributed by atoms with Gasteiger partial charge < -0.3 is 11.5 Å². The van der Waals surface area contributed by atoms with Gasteiger partial charge in [0.15, 0.2) is 5.66 Å². The van der Waals surface area contributed by atoms with Crippen LogP contribution in [0.4, 0.5) is 0 Å². The zero-order chi connectivity index (χ0) is 14.0. The highest BCUT2D eigenvalue weighted by atomic mass is 35.5. The molecular weight excluding hydrogens is 266 g/mol. The number of nitrogens with zero attached hydrogens (tertiary/aromatic N) is 3. The maximum absolute atomic E-state index is 5.82. The SMILES string of the molecule is CC1(C)N=C(N)N=C(N)N1OCc1ccc(Cl)cc1. The van der Waals surface area contributed by atoms with E-state index in [0.29, 0.717) is 11.6 Å². The largest absolute Gasteiger partial charge is 0.368 e. The van der Waals surface area contributed by atoms with Crippen LogP contribution in [-0.4, -0.2) is 22.6 Å². The number of halogens is 1. The molecule has 1 aliphatic rings. The molecule has 0 aliphatic carbocycles. The van der Waals surface area contributed by atoms with Crippen LogP contribution in [0.25, 0.3) is 0 Å².